The number of rotatable bonds is 2. The minimum Gasteiger partial charge on any atom is -0.508 e. The maximum absolute atomic E-state index is 13.6. The Morgan fingerprint density at radius 1 is 1.06 bits per heavy atom. The molecule has 4 aromatic rings. The van der Waals surface area contributed by atoms with Crippen LogP contribution in [0.5, 0.6) is 5.75 Å². The molecule has 8 heteroatoms. The quantitative estimate of drug-likeness (QED) is 0.466. The predicted molar refractivity (Wildman–Crippen MR) is 133 cm³/mol. The lowest BCUT2D eigenvalue weighted by Gasteiger charge is -2.39. The van der Waals surface area contributed by atoms with E-state index < -0.39 is 17.3 Å². The number of phenols is 1. The van der Waals surface area contributed by atoms with Gasteiger partial charge >= 0.3 is 5.69 Å². The van der Waals surface area contributed by atoms with Crippen molar-refractivity contribution < 1.29 is 9.84 Å². The van der Waals surface area contributed by atoms with Gasteiger partial charge in [0.2, 0.25) is 0 Å². The molecule has 2 aromatic heterocycles. The maximum atomic E-state index is 13.6. The number of hydrogen-bond acceptors (Lipinski definition) is 4. The molecule has 0 spiro atoms. The molecule has 1 N–H and O–H groups in total. The first-order valence-corrected chi connectivity index (χ1v) is 11.4. The highest BCUT2D eigenvalue weighted by atomic mass is 35.5. The van der Waals surface area contributed by atoms with Crippen LogP contribution in [0.3, 0.4) is 0 Å². The van der Waals surface area contributed by atoms with E-state index in [9.17, 15) is 14.7 Å². The number of benzene rings is 2. The highest BCUT2D eigenvalue weighted by Crippen LogP contribution is 2.47. The number of aryl methyl sites for hydroxylation is 2. The van der Waals surface area contributed by atoms with E-state index in [2.05, 4.69) is 4.57 Å². The van der Waals surface area contributed by atoms with E-state index in [1.165, 1.54) is 11.6 Å². The van der Waals surface area contributed by atoms with Crippen LogP contribution in [0.25, 0.3) is 22.2 Å². The minimum atomic E-state index is -0.671. The third-order valence-electron chi connectivity index (χ3n) is 6.65. The average Bonchev–Trinajstić information content (AvgIpc) is 3.15. The molecule has 0 unspecified atom stereocenters. The second-order valence-electron chi connectivity index (χ2n) is 9.57. The van der Waals surface area contributed by atoms with E-state index >= 15 is 0 Å². The zero-order valence-electron chi connectivity index (χ0n) is 19.7. The molecule has 3 heterocycles. The summed E-state index contributed by atoms with van der Waals surface area (Å²) >= 11 is 6.16. The van der Waals surface area contributed by atoms with Gasteiger partial charge in [-0.3, -0.25) is 13.9 Å². The Kier molecular flexibility index (Phi) is 5.04. The molecule has 0 aliphatic carbocycles. The lowest BCUT2D eigenvalue weighted by atomic mass is 9.97. The van der Waals surface area contributed by atoms with Crippen LogP contribution < -0.4 is 11.2 Å². The molecule has 0 bridgehead atoms. The van der Waals surface area contributed by atoms with Crippen molar-refractivity contribution in [3.05, 3.63) is 85.1 Å². The number of aromatic nitrogens is 3. The summed E-state index contributed by atoms with van der Waals surface area (Å²) in [4.78, 5) is 26.6. The monoisotopic (exact) mass is 479 g/mol. The molecule has 0 amide bonds. The number of hydrogen-bond donors (Lipinski definition) is 1. The summed E-state index contributed by atoms with van der Waals surface area (Å²) in [5, 5.41) is 11.8. The van der Waals surface area contributed by atoms with Gasteiger partial charge in [-0.2, -0.15) is 0 Å². The molecule has 0 radical (unpaired) electrons. The standard InChI is InChI=1S/C26H26ClN3O4/c1-14-6-11-17(18(31)12-14)23-22-21-19(24(32)29(5)25(33)28(21)4)20(15-7-9-16(27)10-8-15)30(22)26(2,3)13-34-23/h6-12,23,31H,13H2,1-5H3/t23-/m1/s1. The zero-order chi connectivity index (χ0) is 24.5. The van der Waals surface area contributed by atoms with E-state index in [4.69, 9.17) is 16.3 Å². The fraction of sp³-hybridized carbons (Fsp3) is 0.308. The van der Waals surface area contributed by atoms with Crippen molar-refractivity contribution in [3.8, 4) is 17.0 Å². The Labute approximate surface area is 201 Å². The van der Waals surface area contributed by atoms with Crippen LogP contribution in [0.15, 0.2) is 52.1 Å². The molecule has 7 nitrogen and oxygen atoms in total. The molecule has 1 aliphatic heterocycles. The van der Waals surface area contributed by atoms with Crippen molar-refractivity contribution in [1.29, 1.82) is 0 Å². The molecule has 0 saturated heterocycles. The van der Waals surface area contributed by atoms with Gasteiger partial charge in [0.25, 0.3) is 5.56 Å². The van der Waals surface area contributed by atoms with Gasteiger partial charge in [0, 0.05) is 24.7 Å². The highest BCUT2D eigenvalue weighted by molar-refractivity contribution is 6.30. The van der Waals surface area contributed by atoms with Crippen molar-refractivity contribution in [2.75, 3.05) is 6.61 Å². The van der Waals surface area contributed by atoms with Gasteiger partial charge in [-0.05, 0) is 50.1 Å². The molecule has 34 heavy (non-hydrogen) atoms. The van der Waals surface area contributed by atoms with Crippen molar-refractivity contribution in [3.63, 3.8) is 0 Å². The number of nitrogens with zero attached hydrogens (tertiary/aromatic N) is 3. The van der Waals surface area contributed by atoms with E-state index in [0.717, 1.165) is 15.7 Å². The number of halogens is 1. The maximum Gasteiger partial charge on any atom is 0.331 e. The summed E-state index contributed by atoms with van der Waals surface area (Å²) < 4.78 is 11.1. The summed E-state index contributed by atoms with van der Waals surface area (Å²) in [6.45, 7) is 6.30. The van der Waals surface area contributed by atoms with Crippen LogP contribution in [0.1, 0.15) is 36.8 Å². The highest BCUT2D eigenvalue weighted by Gasteiger charge is 2.41. The van der Waals surface area contributed by atoms with Gasteiger partial charge in [0.1, 0.15) is 11.9 Å². The SMILES string of the molecule is Cc1ccc([C@H]2OCC(C)(C)n3c(-c4ccc(Cl)cc4)c4c(=O)n(C)c(=O)n(C)c4c32)c(O)c1. The summed E-state index contributed by atoms with van der Waals surface area (Å²) in [7, 11) is 3.14. The van der Waals surface area contributed by atoms with Gasteiger partial charge in [-0.15, -0.1) is 0 Å². The fourth-order valence-electron chi connectivity index (χ4n) is 4.99. The van der Waals surface area contributed by atoms with Crippen LogP contribution >= 0.6 is 11.6 Å². The van der Waals surface area contributed by atoms with Gasteiger partial charge in [0.05, 0.1) is 34.4 Å². The largest absolute Gasteiger partial charge is 0.508 e. The van der Waals surface area contributed by atoms with Crippen molar-refractivity contribution in [1.82, 2.24) is 13.7 Å². The summed E-state index contributed by atoms with van der Waals surface area (Å²) in [5.74, 6) is 0.104. The van der Waals surface area contributed by atoms with Crippen molar-refractivity contribution in [2.24, 2.45) is 14.1 Å². The smallest absolute Gasteiger partial charge is 0.331 e. The Bertz CT molecular complexity index is 1580. The fourth-order valence-corrected chi connectivity index (χ4v) is 5.12. The van der Waals surface area contributed by atoms with Crippen LogP contribution in [-0.4, -0.2) is 25.4 Å². The number of fused-ring (bicyclic) bond motifs is 3. The third kappa shape index (κ3) is 3.15. The van der Waals surface area contributed by atoms with E-state index in [-0.39, 0.29) is 11.3 Å². The first-order valence-electron chi connectivity index (χ1n) is 11.0. The Hall–Kier alpha value is -3.29. The second kappa shape index (κ2) is 7.61. The predicted octanol–water partition coefficient (Wildman–Crippen LogP) is 4.23. The first-order chi connectivity index (χ1) is 16.0. The second-order valence-corrected chi connectivity index (χ2v) is 10.0. The Morgan fingerprint density at radius 2 is 1.74 bits per heavy atom. The normalized spacial score (nSPS) is 17.2. The van der Waals surface area contributed by atoms with Crippen LogP contribution in [-0.2, 0) is 24.4 Å². The van der Waals surface area contributed by atoms with Gasteiger partial charge in [-0.25, -0.2) is 4.79 Å². The van der Waals surface area contributed by atoms with E-state index in [1.54, 1.807) is 25.2 Å². The van der Waals surface area contributed by atoms with Gasteiger partial charge in [-0.1, -0.05) is 35.9 Å². The number of ether oxygens (including phenoxy) is 1. The average molecular weight is 480 g/mol. The van der Waals surface area contributed by atoms with Crippen LogP contribution in [0.4, 0.5) is 0 Å². The molecule has 176 valence electrons. The minimum absolute atomic E-state index is 0.104. The first kappa shape index (κ1) is 22.5. The molecule has 0 saturated carbocycles. The Morgan fingerprint density at radius 3 is 2.38 bits per heavy atom. The molecular weight excluding hydrogens is 454 g/mol. The number of aromatic hydroxyl groups is 1. The third-order valence-corrected chi connectivity index (χ3v) is 6.90. The number of phenolic OH excluding ortho intramolecular Hbond substituents is 1. The van der Waals surface area contributed by atoms with E-state index in [1.807, 2.05) is 45.0 Å². The van der Waals surface area contributed by atoms with Crippen LogP contribution in [0.2, 0.25) is 5.02 Å². The summed E-state index contributed by atoms with van der Waals surface area (Å²) in [6, 6.07) is 12.7. The van der Waals surface area contributed by atoms with E-state index in [0.29, 0.717) is 39.5 Å². The van der Waals surface area contributed by atoms with Crippen LogP contribution in [0, 0.1) is 6.92 Å². The zero-order valence-corrected chi connectivity index (χ0v) is 20.5. The van der Waals surface area contributed by atoms with Gasteiger partial charge < -0.3 is 14.4 Å². The molecule has 0 fully saturated rings. The summed E-state index contributed by atoms with van der Waals surface area (Å²) in [6.07, 6.45) is -0.671. The van der Waals surface area contributed by atoms with Gasteiger partial charge in [0.15, 0.2) is 0 Å². The molecule has 1 aliphatic rings. The molecule has 1 atom stereocenters. The molecule has 5 rings (SSSR count). The lowest BCUT2D eigenvalue weighted by molar-refractivity contribution is -0.00799. The summed E-state index contributed by atoms with van der Waals surface area (Å²) in [5.41, 5.74) is 2.81. The lowest BCUT2D eigenvalue weighted by Crippen LogP contribution is -2.40. The molecular formula is C26H26ClN3O4. The Balaban J connectivity index is 2.01. The molecule has 2 aromatic carbocycles. The van der Waals surface area contributed by atoms with Crippen molar-refractivity contribution >= 4 is 22.5 Å². The topological polar surface area (TPSA) is 78.4 Å². The van der Waals surface area contributed by atoms with Crippen molar-refractivity contribution in [2.45, 2.75) is 32.4 Å².